The number of para-hydroxylation sites is 1. The van der Waals surface area contributed by atoms with Gasteiger partial charge in [0.15, 0.2) is 0 Å². The van der Waals surface area contributed by atoms with Crippen LogP contribution in [0.25, 0.3) is 32.3 Å². The average molecular weight is 471 g/mol. The Morgan fingerprint density at radius 3 is 2.53 bits per heavy atom. The lowest BCUT2D eigenvalue weighted by Crippen LogP contribution is -2.47. The molecule has 2 amide bonds. The van der Waals surface area contributed by atoms with Crippen molar-refractivity contribution in [3.8, 4) is 0 Å². The summed E-state index contributed by atoms with van der Waals surface area (Å²) in [5.74, 6) is -0.203. The maximum atomic E-state index is 13.1. The third-order valence-corrected chi connectivity index (χ3v) is 7.84. The second-order valence-corrected chi connectivity index (χ2v) is 9.96. The fourth-order valence-corrected chi connectivity index (χ4v) is 5.89. The molecule has 1 saturated carbocycles. The Bertz CT molecular complexity index is 1510. The second kappa shape index (κ2) is 7.48. The Labute approximate surface area is 199 Å². The van der Waals surface area contributed by atoms with Crippen LogP contribution >= 0.6 is 11.3 Å². The summed E-state index contributed by atoms with van der Waals surface area (Å²) in [6, 6.07) is 10.4. The molecule has 8 nitrogen and oxygen atoms in total. The zero-order chi connectivity index (χ0) is 22.8. The molecule has 0 radical (unpaired) electrons. The van der Waals surface area contributed by atoms with E-state index >= 15 is 0 Å². The van der Waals surface area contributed by atoms with Crippen molar-refractivity contribution in [1.82, 2.24) is 25.2 Å². The molecular formula is C25H22N6O2S. The van der Waals surface area contributed by atoms with Crippen molar-refractivity contribution in [2.45, 2.75) is 18.9 Å². The molecule has 2 fully saturated rings. The quantitative estimate of drug-likeness (QED) is 0.446. The SMILES string of the molecule is O=C1NC(=O)C(c2c[nH]c3sccc23)=C1c1nc(N2CCN(C3CC3)CC2)nc2ccccc12. The molecule has 170 valence electrons. The minimum atomic E-state index is -0.419. The summed E-state index contributed by atoms with van der Waals surface area (Å²) in [5.41, 5.74) is 2.67. The fraction of sp³-hybridized carbons (Fsp3) is 0.280. The van der Waals surface area contributed by atoms with E-state index in [9.17, 15) is 9.59 Å². The molecule has 0 spiro atoms. The predicted molar refractivity (Wildman–Crippen MR) is 132 cm³/mol. The molecule has 1 saturated heterocycles. The summed E-state index contributed by atoms with van der Waals surface area (Å²) in [4.78, 5) is 44.8. The van der Waals surface area contributed by atoms with Crippen molar-refractivity contribution in [1.29, 1.82) is 0 Å². The van der Waals surface area contributed by atoms with E-state index in [0.29, 0.717) is 22.8 Å². The van der Waals surface area contributed by atoms with Crippen molar-refractivity contribution in [3.05, 3.63) is 53.2 Å². The van der Waals surface area contributed by atoms with Crippen molar-refractivity contribution in [2.24, 2.45) is 0 Å². The summed E-state index contributed by atoms with van der Waals surface area (Å²) in [7, 11) is 0. The first-order valence-electron chi connectivity index (χ1n) is 11.6. The zero-order valence-corrected chi connectivity index (χ0v) is 19.2. The first kappa shape index (κ1) is 19.9. The first-order chi connectivity index (χ1) is 16.7. The number of benzene rings is 1. The number of hydrogen-bond acceptors (Lipinski definition) is 7. The van der Waals surface area contributed by atoms with E-state index in [1.165, 1.54) is 12.8 Å². The van der Waals surface area contributed by atoms with E-state index in [1.807, 2.05) is 35.7 Å². The number of rotatable bonds is 4. The summed E-state index contributed by atoms with van der Waals surface area (Å²) >= 11 is 1.57. The van der Waals surface area contributed by atoms with Crippen LogP contribution in [0.15, 0.2) is 41.9 Å². The van der Waals surface area contributed by atoms with Gasteiger partial charge in [-0.1, -0.05) is 18.2 Å². The molecule has 1 aliphatic carbocycles. The smallest absolute Gasteiger partial charge is 0.261 e. The van der Waals surface area contributed by atoms with Crippen LogP contribution in [0.2, 0.25) is 0 Å². The first-order valence-corrected chi connectivity index (χ1v) is 12.5. The monoisotopic (exact) mass is 470 g/mol. The standard InChI is InChI=1S/C25H22N6O2S/c32-22-19(17-13-26-24-15(17)7-12-34-24)20(23(33)29-22)21-16-3-1-2-4-18(16)27-25(28-21)31-10-8-30(9-11-31)14-5-6-14/h1-4,7,12-14,26H,5-6,8-11H2,(H,29,32,33). The number of carbonyl (C=O) groups excluding carboxylic acids is 2. The number of piperazine rings is 1. The van der Waals surface area contributed by atoms with Gasteiger partial charge in [-0.2, -0.15) is 0 Å². The number of carbonyl (C=O) groups is 2. The highest BCUT2D eigenvalue weighted by atomic mass is 32.1. The van der Waals surface area contributed by atoms with E-state index in [2.05, 4.69) is 20.1 Å². The maximum absolute atomic E-state index is 13.1. The highest BCUT2D eigenvalue weighted by Crippen LogP contribution is 2.38. The van der Waals surface area contributed by atoms with Gasteiger partial charge >= 0.3 is 0 Å². The molecule has 2 N–H and O–H groups in total. The number of amides is 2. The maximum Gasteiger partial charge on any atom is 0.261 e. The van der Waals surface area contributed by atoms with Gasteiger partial charge < -0.3 is 9.88 Å². The van der Waals surface area contributed by atoms with Crippen LogP contribution in [0.4, 0.5) is 5.95 Å². The van der Waals surface area contributed by atoms with E-state index in [-0.39, 0.29) is 0 Å². The third kappa shape index (κ3) is 3.08. The number of nitrogens with zero attached hydrogens (tertiary/aromatic N) is 4. The molecule has 7 rings (SSSR count). The Kier molecular flexibility index (Phi) is 4.37. The van der Waals surface area contributed by atoms with Crippen molar-refractivity contribution >= 4 is 61.4 Å². The molecule has 1 aromatic carbocycles. The lowest BCUT2D eigenvalue weighted by atomic mass is 9.97. The molecule has 4 aromatic rings. The number of imide groups is 1. The van der Waals surface area contributed by atoms with Crippen LogP contribution in [0, 0.1) is 0 Å². The van der Waals surface area contributed by atoms with E-state index in [4.69, 9.17) is 9.97 Å². The van der Waals surface area contributed by atoms with Gasteiger partial charge in [-0.05, 0) is 30.4 Å². The van der Waals surface area contributed by atoms with Gasteiger partial charge in [0.2, 0.25) is 5.95 Å². The molecule has 34 heavy (non-hydrogen) atoms. The van der Waals surface area contributed by atoms with Crippen LogP contribution in [0.3, 0.4) is 0 Å². The summed E-state index contributed by atoms with van der Waals surface area (Å²) < 4.78 is 0. The lowest BCUT2D eigenvalue weighted by Gasteiger charge is -2.35. The zero-order valence-electron chi connectivity index (χ0n) is 18.4. The van der Waals surface area contributed by atoms with Gasteiger partial charge in [-0.15, -0.1) is 11.3 Å². The number of anilines is 1. The Morgan fingerprint density at radius 1 is 0.912 bits per heavy atom. The molecule has 0 atom stereocenters. The Balaban J connectivity index is 1.39. The normalized spacial score (nSPS) is 19.6. The van der Waals surface area contributed by atoms with E-state index < -0.39 is 11.8 Å². The number of H-pyrrole nitrogens is 1. The summed E-state index contributed by atoms with van der Waals surface area (Å²) in [6.07, 6.45) is 4.40. The van der Waals surface area contributed by atoms with Crippen LogP contribution in [-0.2, 0) is 9.59 Å². The topological polar surface area (TPSA) is 94.2 Å². The number of nitrogens with one attached hydrogen (secondary N) is 2. The average Bonchev–Trinajstić information content (AvgIpc) is 3.36. The largest absolute Gasteiger partial charge is 0.352 e. The molecule has 9 heteroatoms. The molecule has 5 heterocycles. The minimum Gasteiger partial charge on any atom is -0.352 e. The van der Waals surface area contributed by atoms with Gasteiger partial charge in [0.1, 0.15) is 4.83 Å². The van der Waals surface area contributed by atoms with Crippen molar-refractivity contribution in [2.75, 3.05) is 31.1 Å². The summed E-state index contributed by atoms with van der Waals surface area (Å²) in [6.45, 7) is 3.67. The van der Waals surface area contributed by atoms with Gasteiger partial charge in [0.25, 0.3) is 11.8 Å². The minimum absolute atomic E-state index is 0.313. The van der Waals surface area contributed by atoms with Crippen LogP contribution < -0.4 is 10.2 Å². The fourth-order valence-electron chi connectivity index (χ4n) is 5.12. The molecule has 0 bridgehead atoms. The highest BCUT2D eigenvalue weighted by Gasteiger charge is 2.36. The second-order valence-electron chi connectivity index (χ2n) is 9.04. The molecule has 3 aromatic heterocycles. The molecular weight excluding hydrogens is 448 g/mol. The Morgan fingerprint density at radius 2 is 1.71 bits per heavy atom. The number of aromatic amines is 1. The van der Waals surface area contributed by atoms with Crippen LogP contribution in [0.1, 0.15) is 24.1 Å². The number of thiophene rings is 1. The van der Waals surface area contributed by atoms with Crippen LogP contribution in [0.5, 0.6) is 0 Å². The Hall–Kier alpha value is -3.56. The number of aromatic nitrogens is 3. The molecule has 3 aliphatic rings. The number of hydrogen-bond donors (Lipinski definition) is 2. The van der Waals surface area contributed by atoms with E-state index in [0.717, 1.165) is 58.9 Å². The van der Waals surface area contributed by atoms with Crippen molar-refractivity contribution < 1.29 is 9.59 Å². The van der Waals surface area contributed by atoms with Crippen LogP contribution in [-0.4, -0.2) is 63.9 Å². The predicted octanol–water partition coefficient (Wildman–Crippen LogP) is 3.02. The van der Waals surface area contributed by atoms with Gasteiger partial charge in [0.05, 0.1) is 22.4 Å². The van der Waals surface area contributed by atoms with E-state index in [1.54, 1.807) is 17.5 Å². The van der Waals surface area contributed by atoms with Gasteiger partial charge in [0, 0.05) is 54.8 Å². The molecule has 0 unspecified atom stereocenters. The van der Waals surface area contributed by atoms with Gasteiger partial charge in [-0.25, -0.2) is 9.97 Å². The highest BCUT2D eigenvalue weighted by molar-refractivity contribution is 7.16. The number of fused-ring (bicyclic) bond motifs is 2. The van der Waals surface area contributed by atoms with Gasteiger partial charge in [-0.3, -0.25) is 19.8 Å². The van der Waals surface area contributed by atoms with Crippen molar-refractivity contribution in [3.63, 3.8) is 0 Å². The third-order valence-electron chi connectivity index (χ3n) is 6.99. The summed E-state index contributed by atoms with van der Waals surface area (Å²) in [5, 5.41) is 6.17. The lowest BCUT2D eigenvalue weighted by molar-refractivity contribution is -0.122. The molecule has 2 aliphatic heterocycles.